The molecule has 116 valence electrons. The molecule has 0 aliphatic carbocycles. The molecule has 2 aromatic carbocycles. The van der Waals surface area contributed by atoms with Crippen molar-refractivity contribution in [2.75, 3.05) is 23.8 Å². The molecule has 23 heavy (non-hydrogen) atoms. The Morgan fingerprint density at radius 2 is 2.09 bits per heavy atom. The highest BCUT2D eigenvalue weighted by Crippen LogP contribution is 2.30. The Morgan fingerprint density at radius 3 is 3.00 bits per heavy atom. The standard InChI is InChI=1S/C17H14ClN3O2/c18-11-1-3-13-10(7-11)8-15(21-13)17(22)20-12-2-4-16-14(9-12)19-5-6-23-16/h1-4,7-9,19,21H,5-6H2,(H,20,22). The van der Waals surface area contributed by atoms with E-state index >= 15 is 0 Å². The summed E-state index contributed by atoms with van der Waals surface area (Å²) in [6, 6.07) is 12.8. The molecule has 1 aromatic heterocycles. The number of carbonyl (C=O) groups is 1. The van der Waals surface area contributed by atoms with Gasteiger partial charge in [0.05, 0.1) is 5.69 Å². The molecule has 0 bridgehead atoms. The van der Waals surface area contributed by atoms with Crippen LogP contribution in [0.5, 0.6) is 5.75 Å². The Bertz CT molecular complexity index is 904. The van der Waals surface area contributed by atoms with E-state index in [1.54, 1.807) is 12.1 Å². The highest BCUT2D eigenvalue weighted by molar-refractivity contribution is 6.31. The van der Waals surface area contributed by atoms with Crippen molar-refractivity contribution >= 4 is 39.8 Å². The summed E-state index contributed by atoms with van der Waals surface area (Å²) in [5.74, 6) is 0.600. The van der Waals surface area contributed by atoms with Gasteiger partial charge in [-0.1, -0.05) is 11.6 Å². The first-order chi connectivity index (χ1) is 11.2. The molecule has 3 N–H and O–H groups in total. The lowest BCUT2D eigenvalue weighted by atomic mass is 10.2. The molecule has 0 saturated carbocycles. The second kappa shape index (κ2) is 5.52. The van der Waals surface area contributed by atoms with Gasteiger partial charge in [0, 0.05) is 28.2 Å². The molecule has 3 aromatic rings. The van der Waals surface area contributed by atoms with Crippen LogP contribution in [0.15, 0.2) is 42.5 Å². The first-order valence-corrected chi connectivity index (χ1v) is 7.67. The SMILES string of the molecule is O=C(Nc1ccc2c(c1)NCCO2)c1cc2cc(Cl)ccc2[nH]1. The number of amides is 1. The molecule has 0 saturated heterocycles. The third-order valence-corrected chi connectivity index (χ3v) is 3.98. The van der Waals surface area contributed by atoms with E-state index in [1.165, 1.54) is 0 Å². The van der Waals surface area contributed by atoms with Crippen LogP contribution in [0.4, 0.5) is 11.4 Å². The maximum atomic E-state index is 12.4. The molecule has 0 radical (unpaired) electrons. The summed E-state index contributed by atoms with van der Waals surface area (Å²) in [4.78, 5) is 15.5. The number of H-pyrrole nitrogens is 1. The van der Waals surface area contributed by atoms with Crippen LogP contribution in [-0.4, -0.2) is 24.0 Å². The summed E-state index contributed by atoms with van der Waals surface area (Å²) in [6.07, 6.45) is 0. The summed E-state index contributed by atoms with van der Waals surface area (Å²) >= 11 is 5.97. The maximum Gasteiger partial charge on any atom is 0.272 e. The fourth-order valence-corrected chi connectivity index (χ4v) is 2.82. The lowest BCUT2D eigenvalue weighted by Crippen LogP contribution is -2.18. The van der Waals surface area contributed by atoms with Gasteiger partial charge in [-0.15, -0.1) is 0 Å². The molecule has 5 nitrogen and oxygen atoms in total. The Morgan fingerprint density at radius 1 is 1.17 bits per heavy atom. The van der Waals surface area contributed by atoms with E-state index in [1.807, 2.05) is 30.3 Å². The molecule has 1 aliphatic heterocycles. The number of aromatic nitrogens is 1. The monoisotopic (exact) mass is 327 g/mol. The van der Waals surface area contributed by atoms with Gasteiger partial charge in [0.15, 0.2) is 0 Å². The van der Waals surface area contributed by atoms with Crippen molar-refractivity contribution in [1.29, 1.82) is 0 Å². The topological polar surface area (TPSA) is 66.2 Å². The van der Waals surface area contributed by atoms with Crippen molar-refractivity contribution in [3.05, 3.63) is 53.2 Å². The van der Waals surface area contributed by atoms with Gasteiger partial charge in [-0.2, -0.15) is 0 Å². The van der Waals surface area contributed by atoms with Crippen molar-refractivity contribution in [3.63, 3.8) is 0 Å². The summed E-state index contributed by atoms with van der Waals surface area (Å²) in [5, 5.41) is 7.68. The maximum absolute atomic E-state index is 12.4. The first kappa shape index (κ1) is 14.0. The predicted octanol–water partition coefficient (Wildman–Crippen LogP) is 3.88. The average Bonchev–Trinajstić information content (AvgIpc) is 2.98. The quantitative estimate of drug-likeness (QED) is 0.669. The third-order valence-electron chi connectivity index (χ3n) is 3.74. The van der Waals surface area contributed by atoms with Crippen molar-refractivity contribution in [1.82, 2.24) is 4.98 Å². The van der Waals surface area contributed by atoms with Crippen LogP contribution in [0.2, 0.25) is 5.02 Å². The number of hydrogen-bond donors (Lipinski definition) is 3. The Kier molecular flexibility index (Phi) is 3.35. The average molecular weight is 328 g/mol. The Balaban J connectivity index is 1.59. The number of hydrogen-bond acceptors (Lipinski definition) is 3. The minimum Gasteiger partial charge on any atom is -0.490 e. The van der Waals surface area contributed by atoms with Crippen molar-refractivity contribution in [2.45, 2.75) is 0 Å². The van der Waals surface area contributed by atoms with Crippen molar-refractivity contribution in [3.8, 4) is 5.75 Å². The molecule has 6 heteroatoms. The van der Waals surface area contributed by atoms with Gasteiger partial charge < -0.3 is 20.4 Å². The number of fused-ring (bicyclic) bond motifs is 2. The van der Waals surface area contributed by atoms with E-state index in [4.69, 9.17) is 16.3 Å². The van der Waals surface area contributed by atoms with E-state index < -0.39 is 0 Å². The zero-order chi connectivity index (χ0) is 15.8. The van der Waals surface area contributed by atoms with Gasteiger partial charge in [-0.3, -0.25) is 4.79 Å². The fourth-order valence-electron chi connectivity index (χ4n) is 2.64. The van der Waals surface area contributed by atoms with Crippen LogP contribution in [0, 0.1) is 0 Å². The summed E-state index contributed by atoms with van der Waals surface area (Å²) in [5.41, 5.74) is 2.96. The number of anilines is 2. The van der Waals surface area contributed by atoms with E-state index in [0.29, 0.717) is 23.0 Å². The number of halogens is 1. The molecule has 0 atom stereocenters. The number of nitrogens with one attached hydrogen (secondary N) is 3. The number of carbonyl (C=O) groups excluding carboxylic acids is 1. The largest absolute Gasteiger partial charge is 0.490 e. The van der Waals surface area contributed by atoms with E-state index in [-0.39, 0.29) is 5.91 Å². The predicted molar refractivity (Wildman–Crippen MR) is 91.7 cm³/mol. The highest BCUT2D eigenvalue weighted by atomic mass is 35.5. The van der Waals surface area contributed by atoms with Crippen molar-refractivity contribution in [2.24, 2.45) is 0 Å². The van der Waals surface area contributed by atoms with Crippen LogP contribution in [0.3, 0.4) is 0 Å². The van der Waals surface area contributed by atoms with E-state index in [2.05, 4.69) is 15.6 Å². The van der Waals surface area contributed by atoms with E-state index in [9.17, 15) is 4.79 Å². The minimum absolute atomic E-state index is 0.200. The second-order valence-electron chi connectivity index (χ2n) is 5.35. The summed E-state index contributed by atoms with van der Waals surface area (Å²) in [6.45, 7) is 1.41. The number of benzene rings is 2. The second-order valence-corrected chi connectivity index (χ2v) is 5.79. The molecule has 0 spiro atoms. The van der Waals surface area contributed by atoms with Crippen LogP contribution < -0.4 is 15.4 Å². The number of ether oxygens (including phenoxy) is 1. The molecule has 0 unspecified atom stereocenters. The van der Waals surface area contributed by atoms with Gasteiger partial charge in [-0.25, -0.2) is 0 Å². The molecule has 1 amide bonds. The van der Waals surface area contributed by atoms with Crippen LogP contribution in [-0.2, 0) is 0 Å². The van der Waals surface area contributed by atoms with Crippen LogP contribution in [0.25, 0.3) is 10.9 Å². The van der Waals surface area contributed by atoms with Gasteiger partial charge >= 0.3 is 0 Å². The minimum atomic E-state index is -0.200. The Hall–Kier alpha value is -2.66. The van der Waals surface area contributed by atoms with Gasteiger partial charge in [0.2, 0.25) is 0 Å². The van der Waals surface area contributed by atoms with Crippen molar-refractivity contribution < 1.29 is 9.53 Å². The number of aromatic amines is 1. The third kappa shape index (κ3) is 2.71. The lowest BCUT2D eigenvalue weighted by Gasteiger charge is -2.19. The number of rotatable bonds is 2. The molecule has 4 rings (SSSR count). The zero-order valence-corrected chi connectivity index (χ0v) is 12.9. The first-order valence-electron chi connectivity index (χ1n) is 7.29. The van der Waals surface area contributed by atoms with E-state index in [0.717, 1.165) is 28.9 Å². The Labute approximate surface area is 137 Å². The van der Waals surface area contributed by atoms with Gasteiger partial charge in [-0.05, 0) is 42.5 Å². The molecular formula is C17H14ClN3O2. The van der Waals surface area contributed by atoms with Gasteiger partial charge in [0.25, 0.3) is 5.91 Å². The molecule has 0 fully saturated rings. The fraction of sp³-hybridized carbons (Fsp3) is 0.118. The molecular weight excluding hydrogens is 314 g/mol. The summed E-state index contributed by atoms with van der Waals surface area (Å²) in [7, 11) is 0. The molecule has 2 heterocycles. The highest BCUT2D eigenvalue weighted by Gasteiger charge is 2.13. The smallest absolute Gasteiger partial charge is 0.272 e. The van der Waals surface area contributed by atoms with Crippen LogP contribution in [0.1, 0.15) is 10.5 Å². The van der Waals surface area contributed by atoms with Gasteiger partial charge in [0.1, 0.15) is 18.1 Å². The normalized spacial score (nSPS) is 13.1. The molecule has 1 aliphatic rings. The zero-order valence-electron chi connectivity index (χ0n) is 12.2. The van der Waals surface area contributed by atoms with Crippen LogP contribution >= 0.6 is 11.6 Å². The lowest BCUT2D eigenvalue weighted by molar-refractivity contribution is 0.102. The summed E-state index contributed by atoms with van der Waals surface area (Å²) < 4.78 is 5.53.